The van der Waals surface area contributed by atoms with E-state index in [9.17, 15) is 9.90 Å². The molecular formula is C14H23N3O2. The van der Waals surface area contributed by atoms with Gasteiger partial charge in [0.05, 0.1) is 24.5 Å². The van der Waals surface area contributed by atoms with Gasteiger partial charge in [0.2, 0.25) is 0 Å². The molecule has 1 fully saturated rings. The Morgan fingerprint density at radius 3 is 3.00 bits per heavy atom. The molecule has 2 rings (SSSR count). The molecule has 2 unspecified atom stereocenters. The van der Waals surface area contributed by atoms with E-state index in [4.69, 9.17) is 0 Å². The molecule has 5 heteroatoms. The lowest BCUT2D eigenvalue weighted by molar-refractivity contribution is 0.143. The van der Waals surface area contributed by atoms with Crippen LogP contribution in [0.25, 0.3) is 0 Å². The van der Waals surface area contributed by atoms with Crippen LogP contribution < -0.4 is 10.5 Å². The van der Waals surface area contributed by atoms with Crippen LogP contribution >= 0.6 is 0 Å². The summed E-state index contributed by atoms with van der Waals surface area (Å²) < 4.78 is 1.34. The van der Waals surface area contributed by atoms with Crippen molar-refractivity contribution in [3.05, 3.63) is 22.6 Å². The number of anilines is 1. The van der Waals surface area contributed by atoms with Gasteiger partial charge < -0.3 is 10.0 Å². The molecule has 1 aromatic heterocycles. The highest BCUT2D eigenvalue weighted by atomic mass is 16.3. The van der Waals surface area contributed by atoms with Gasteiger partial charge in [-0.05, 0) is 25.2 Å². The first-order valence-electron chi connectivity index (χ1n) is 7.10. The van der Waals surface area contributed by atoms with Crippen LogP contribution in [0.3, 0.4) is 0 Å². The fourth-order valence-corrected chi connectivity index (χ4v) is 2.49. The Hall–Kier alpha value is -1.36. The van der Waals surface area contributed by atoms with E-state index in [0.29, 0.717) is 12.3 Å². The summed E-state index contributed by atoms with van der Waals surface area (Å²) in [4.78, 5) is 14.2. The highest BCUT2D eigenvalue weighted by Crippen LogP contribution is 2.20. The van der Waals surface area contributed by atoms with Crippen molar-refractivity contribution in [3.8, 4) is 0 Å². The first kappa shape index (κ1) is 14.1. The van der Waals surface area contributed by atoms with Crippen molar-refractivity contribution in [2.75, 3.05) is 18.0 Å². The monoisotopic (exact) mass is 265 g/mol. The zero-order chi connectivity index (χ0) is 13.8. The summed E-state index contributed by atoms with van der Waals surface area (Å²) in [5.74, 6) is 0.665. The Kier molecular flexibility index (Phi) is 4.58. The van der Waals surface area contributed by atoms with E-state index in [-0.39, 0.29) is 12.1 Å². The number of piperidine rings is 1. The highest BCUT2D eigenvalue weighted by Gasteiger charge is 2.17. The maximum Gasteiger partial charge on any atom is 0.268 e. The molecule has 1 N–H and O–H groups in total. The van der Waals surface area contributed by atoms with Gasteiger partial charge in [0.25, 0.3) is 5.56 Å². The predicted molar refractivity (Wildman–Crippen MR) is 75.4 cm³/mol. The molecule has 106 valence electrons. The average Bonchev–Trinajstić information content (AvgIpc) is 2.41. The number of aliphatic hydroxyl groups excluding tert-OH is 1. The summed E-state index contributed by atoms with van der Waals surface area (Å²) in [5, 5.41) is 13.7. The Bertz CT molecular complexity index is 472. The number of nitrogens with zero attached hydrogens (tertiary/aromatic N) is 3. The summed E-state index contributed by atoms with van der Waals surface area (Å²) in [7, 11) is 0. The largest absolute Gasteiger partial charge is 0.391 e. The fraction of sp³-hybridized carbons (Fsp3) is 0.714. The molecule has 0 aromatic carbocycles. The van der Waals surface area contributed by atoms with Crippen LogP contribution in [0.2, 0.25) is 0 Å². The molecule has 0 saturated carbocycles. The van der Waals surface area contributed by atoms with E-state index in [0.717, 1.165) is 18.8 Å². The van der Waals surface area contributed by atoms with Crippen molar-refractivity contribution < 1.29 is 5.11 Å². The van der Waals surface area contributed by atoms with Gasteiger partial charge in [0.15, 0.2) is 0 Å². The van der Waals surface area contributed by atoms with Crippen molar-refractivity contribution >= 4 is 5.69 Å². The number of hydrogen-bond donors (Lipinski definition) is 1. The standard InChI is InChI=1S/C14H23N3O2/c1-3-13(18)10-17-14(19)7-12(8-15-17)16-6-4-5-11(2)9-16/h7-8,11,13,18H,3-6,9-10H2,1-2H3. The van der Waals surface area contributed by atoms with E-state index in [1.807, 2.05) is 6.92 Å². The SMILES string of the molecule is CCC(O)Cn1ncc(N2CCCC(C)C2)cc1=O. The Morgan fingerprint density at radius 2 is 2.37 bits per heavy atom. The third kappa shape index (κ3) is 3.56. The van der Waals surface area contributed by atoms with Crippen molar-refractivity contribution in [1.29, 1.82) is 0 Å². The van der Waals surface area contributed by atoms with E-state index >= 15 is 0 Å². The van der Waals surface area contributed by atoms with E-state index < -0.39 is 6.10 Å². The molecule has 0 radical (unpaired) electrons. The Labute approximate surface area is 113 Å². The number of rotatable bonds is 4. The van der Waals surface area contributed by atoms with Crippen LogP contribution in [0.15, 0.2) is 17.1 Å². The minimum atomic E-state index is -0.508. The summed E-state index contributed by atoms with van der Waals surface area (Å²) in [5.41, 5.74) is 0.766. The minimum Gasteiger partial charge on any atom is -0.391 e. The Morgan fingerprint density at radius 1 is 1.58 bits per heavy atom. The minimum absolute atomic E-state index is 0.136. The van der Waals surface area contributed by atoms with Crippen LogP contribution in [0.4, 0.5) is 5.69 Å². The Balaban J connectivity index is 2.12. The second-order valence-corrected chi connectivity index (χ2v) is 5.49. The van der Waals surface area contributed by atoms with Crippen molar-refractivity contribution in [1.82, 2.24) is 9.78 Å². The molecule has 2 heterocycles. The lowest BCUT2D eigenvalue weighted by Crippen LogP contribution is -2.36. The zero-order valence-corrected chi connectivity index (χ0v) is 11.7. The molecule has 2 atom stereocenters. The van der Waals surface area contributed by atoms with Crippen LogP contribution in [0.1, 0.15) is 33.1 Å². The zero-order valence-electron chi connectivity index (χ0n) is 11.7. The molecule has 0 bridgehead atoms. The molecule has 1 aliphatic rings. The van der Waals surface area contributed by atoms with Crippen LogP contribution in [-0.2, 0) is 6.54 Å². The van der Waals surface area contributed by atoms with Crippen LogP contribution in [0.5, 0.6) is 0 Å². The lowest BCUT2D eigenvalue weighted by Gasteiger charge is -2.32. The summed E-state index contributed by atoms with van der Waals surface area (Å²) in [6.45, 7) is 6.37. The quantitative estimate of drug-likeness (QED) is 0.890. The third-order valence-corrected chi connectivity index (χ3v) is 3.73. The normalized spacial score (nSPS) is 21.4. The van der Waals surface area contributed by atoms with Crippen molar-refractivity contribution in [2.45, 2.75) is 45.8 Å². The summed E-state index contributed by atoms with van der Waals surface area (Å²) >= 11 is 0. The molecule has 0 amide bonds. The van der Waals surface area contributed by atoms with Crippen LogP contribution in [-0.4, -0.2) is 34.1 Å². The first-order chi connectivity index (χ1) is 9.10. The van der Waals surface area contributed by atoms with E-state index in [1.54, 1.807) is 12.3 Å². The van der Waals surface area contributed by atoms with E-state index in [1.165, 1.54) is 17.5 Å². The number of aromatic nitrogens is 2. The third-order valence-electron chi connectivity index (χ3n) is 3.73. The fourth-order valence-electron chi connectivity index (χ4n) is 2.49. The molecule has 0 aliphatic carbocycles. The molecular weight excluding hydrogens is 242 g/mol. The van der Waals surface area contributed by atoms with Crippen molar-refractivity contribution in [2.24, 2.45) is 5.92 Å². The first-order valence-corrected chi connectivity index (χ1v) is 7.10. The van der Waals surface area contributed by atoms with Gasteiger partial charge in [-0.3, -0.25) is 4.79 Å². The average molecular weight is 265 g/mol. The van der Waals surface area contributed by atoms with Crippen molar-refractivity contribution in [3.63, 3.8) is 0 Å². The maximum absolute atomic E-state index is 12.0. The van der Waals surface area contributed by atoms with Gasteiger partial charge in [0, 0.05) is 19.2 Å². The second kappa shape index (κ2) is 6.19. The van der Waals surface area contributed by atoms with Crippen LogP contribution in [0, 0.1) is 5.92 Å². The lowest BCUT2D eigenvalue weighted by atomic mass is 10.00. The highest BCUT2D eigenvalue weighted by molar-refractivity contribution is 5.43. The van der Waals surface area contributed by atoms with Gasteiger partial charge in [0.1, 0.15) is 0 Å². The molecule has 19 heavy (non-hydrogen) atoms. The predicted octanol–water partition coefficient (Wildman–Crippen LogP) is 1.25. The summed E-state index contributed by atoms with van der Waals surface area (Å²) in [6, 6.07) is 1.63. The molecule has 1 aromatic rings. The van der Waals surface area contributed by atoms with Gasteiger partial charge in [-0.25, -0.2) is 4.68 Å². The van der Waals surface area contributed by atoms with Gasteiger partial charge >= 0.3 is 0 Å². The maximum atomic E-state index is 12.0. The summed E-state index contributed by atoms with van der Waals surface area (Å²) in [6.07, 6.45) is 4.27. The van der Waals surface area contributed by atoms with Gasteiger partial charge in [-0.2, -0.15) is 5.10 Å². The molecule has 5 nitrogen and oxygen atoms in total. The smallest absolute Gasteiger partial charge is 0.268 e. The van der Waals surface area contributed by atoms with E-state index in [2.05, 4.69) is 16.9 Å². The topological polar surface area (TPSA) is 58.4 Å². The molecule has 1 aliphatic heterocycles. The van der Waals surface area contributed by atoms with Gasteiger partial charge in [-0.15, -0.1) is 0 Å². The molecule has 0 spiro atoms. The molecule has 1 saturated heterocycles. The van der Waals surface area contributed by atoms with Gasteiger partial charge in [-0.1, -0.05) is 13.8 Å². The number of hydrogen-bond acceptors (Lipinski definition) is 4. The second-order valence-electron chi connectivity index (χ2n) is 5.49. The number of aliphatic hydroxyl groups is 1.